The van der Waals surface area contributed by atoms with E-state index >= 15 is 0 Å². The Bertz CT molecular complexity index is 3860. The molecule has 0 aliphatic carbocycles. The maximum atomic E-state index is 13.1. The summed E-state index contributed by atoms with van der Waals surface area (Å²) in [5.74, 6) is -0.0629. The van der Waals surface area contributed by atoms with Gasteiger partial charge in [-0.3, -0.25) is 0 Å². The van der Waals surface area contributed by atoms with Gasteiger partial charge in [0.2, 0.25) is 17.5 Å². The van der Waals surface area contributed by atoms with Crippen LogP contribution in [-0.4, -0.2) is 119 Å². The van der Waals surface area contributed by atoms with Crippen molar-refractivity contribution in [3.8, 4) is 40.2 Å². The van der Waals surface area contributed by atoms with E-state index in [-0.39, 0.29) is 102 Å². The van der Waals surface area contributed by atoms with Gasteiger partial charge in [-0.2, -0.15) is 99.1 Å². The molecular formula is C53H46BBrF18N16O5. The van der Waals surface area contributed by atoms with Crippen molar-refractivity contribution in [3.63, 3.8) is 0 Å². The summed E-state index contributed by atoms with van der Waals surface area (Å²) < 4.78 is 225. The van der Waals surface area contributed by atoms with Gasteiger partial charge < -0.3 is 42.6 Å². The van der Waals surface area contributed by atoms with Gasteiger partial charge in [0.25, 0.3) is 0 Å². The lowest BCUT2D eigenvalue weighted by atomic mass is 9.80. The molecular weight excluding hydrogens is 1370 g/mol. The van der Waals surface area contributed by atoms with Crippen LogP contribution in [0.15, 0.2) is 121 Å². The number of aliphatic hydroxyl groups excluding tert-OH is 3. The second kappa shape index (κ2) is 33.4. The van der Waals surface area contributed by atoms with E-state index in [2.05, 4.69) is 67.4 Å². The third-order valence-electron chi connectivity index (χ3n) is 11.6. The van der Waals surface area contributed by atoms with Gasteiger partial charge in [0.1, 0.15) is 6.07 Å². The van der Waals surface area contributed by atoms with Crippen LogP contribution in [0, 0.1) is 11.3 Å². The zero-order valence-electron chi connectivity index (χ0n) is 47.1. The Labute approximate surface area is 525 Å². The van der Waals surface area contributed by atoms with Crippen LogP contribution in [0.4, 0.5) is 96.1 Å². The molecule has 12 N–H and O–H groups in total. The van der Waals surface area contributed by atoms with Gasteiger partial charge in [0, 0.05) is 39.1 Å². The number of nitrogens with one attached hydrogen (secondary N) is 1. The van der Waals surface area contributed by atoms with E-state index in [1.54, 1.807) is 6.07 Å². The average molecular weight is 1420 g/mol. The Morgan fingerprint density at radius 1 is 0.468 bits per heavy atom. The van der Waals surface area contributed by atoms with Crippen molar-refractivity contribution >= 4 is 45.6 Å². The molecule has 0 unspecified atom stereocenters. The molecule has 3 aromatic heterocycles. The van der Waals surface area contributed by atoms with E-state index in [9.17, 15) is 79.0 Å². The monoisotopic (exact) mass is 1420 g/mol. The number of benzene rings is 6. The van der Waals surface area contributed by atoms with Crippen molar-refractivity contribution < 1.29 is 104 Å². The van der Waals surface area contributed by atoms with Crippen molar-refractivity contribution in [1.29, 1.82) is 5.26 Å². The maximum absolute atomic E-state index is 13.1. The van der Waals surface area contributed by atoms with E-state index in [0.717, 1.165) is 113 Å². The van der Waals surface area contributed by atoms with Crippen LogP contribution in [0.1, 0.15) is 50.1 Å². The number of aromatic amines is 1. The minimum Gasteiger partial charge on any atom is -0.423 e. The fraction of sp³-hybridized carbons (Fsp3) is 0.245. The average Bonchev–Trinajstić information content (AvgIpc) is 1.45. The number of hydrogen-bond donors (Lipinski definition) is 9. The first-order valence-electron chi connectivity index (χ1n) is 25.6. The number of aliphatic hydroxyl groups is 3. The molecule has 0 spiro atoms. The van der Waals surface area contributed by atoms with Crippen LogP contribution in [0.5, 0.6) is 0 Å². The SMILES string of the molecule is N#Cc1cc(C(F)(F)F)ccc1N.Nc1ccc(C(F)(F)F)cc1-c1nn[nH]n1.Nc1ccc(C(F)(F)F)cc1-c1nnn(CCO)n1.OB(O)c1ccc(C(F)(F)F)cc1.OCCBr.OCCn1nnc(-c2cc(C(F)(F)F)ccc2Cc2ccc(C(F)(F)F)cc2)n1. The number of anilines is 3. The Kier molecular flexibility index (Phi) is 27.3. The van der Waals surface area contributed by atoms with Gasteiger partial charge in [-0.15, -0.1) is 30.6 Å². The molecule has 0 saturated carbocycles. The summed E-state index contributed by atoms with van der Waals surface area (Å²) in [6, 6.07) is 21.1. The fourth-order valence-corrected chi connectivity index (χ4v) is 7.02. The number of hydrogen-bond acceptors (Lipinski definition) is 18. The molecule has 0 aliphatic heterocycles. The first kappa shape index (κ1) is 77.0. The first-order valence-corrected chi connectivity index (χ1v) is 26.8. The summed E-state index contributed by atoms with van der Waals surface area (Å²) in [4.78, 5) is 2.12. The van der Waals surface area contributed by atoms with Crippen molar-refractivity contribution in [1.82, 2.24) is 61.0 Å². The summed E-state index contributed by atoms with van der Waals surface area (Å²) in [6.45, 7) is -0.128. The standard InChI is InChI=1S/C18H14F6N4O.C10H10F3N5O.C8H6F3N5.C8H5F3N2.C7H6BF3O2.C2H5BrO/c19-17(20,21)13-4-1-11(2-5-13)9-12-3-6-14(18(22,23)24)10-15(12)16-25-27-28(26-16)7-8-29;11-10(12,13)6-1-2-8(14)7(5-6)9-15-17-18(16-9)3-4-19;9-8(10,11)4-1-2-6(12)5(3-4)7-13-15-16-14-7;9-8(10,11)6-1-2-7(13)5(3-6)4-12;9-7(10,11)5-1-3-6(4-2-5)8(12)13;3-1-2-4/h1-6,10,29H,7-9H2;1-2,5,19H,3-4,14H2;1-3H,12H2,(H,13,14,15,16);1-3H,13H2;1-4,12-13H;4H,1-2H2. The van der Waals surface area contributed by atoms with E-state index in [4.69, 9.17) is 47.8 Å². The zero-order valence-corrected chi connectivity index (χ0v) is 48.7. The minimum absolute atomic E-state index is 0.0141. The topological polar surface area (TPSA) is 345 Å². The number of tetrazole rings is 3. The lowest BCUT2D eigenvalue weighted by Gasteiger charge is -2.12. The Morgan fingerprint density at radius 2 is 0.830 bits per heavy atom. The highest BCUT2D eigenvalue weighted by atomic mass is 79.9. The molecule has 21 nitrogen and oxygen atoms in total. The maximum Gasteiger partial charge on any atom is 0.488 e. The quantitative estimate of drug-likeness (QED) is 0.0252. The highest BCUT2D eigenvalue weighted by molar-refractivity contribution is 9.09. The van der Waals surface area contributed by atoms with Crippen molar-refractivity contribution in [2.24, 2.45) is 0 Å². The molecule has 0 amide bonds. The van der Waals surface area contributed by atoms with Crippen molar-refractivity contribution in [3.05, 3.63) is 171 Å². The normalized spacial score (nSPS) is 11.6. The van der Waals surface area contributed by atoms with Gasteiger partial charge in [-0.25, -0.2) is 0 Å². The molecule has 0 radical (unpaired) electrons. The number of nitrogen functional groups attached to an aromatic ring is 3. The van der Waals surface area contributed by atoms with Gasteiger partial charge in [-0.05, 0) is 118 Å². The second-order valence-electron chi connectivity index (χ2n) is 18.3. The van der Waals surface area contributed by atoms with Crippen LogP contribution in [-0.2, 0) is 56.6 Å². The molecule has 0 aliphatic rings. The van der Waals surface area contributed by atoms with Gasteiger partial charge >= 0.3 is 44.2 Å². The summed E-state index contributed by atoms with van der Waals surface area (Å²) in [5, 5.41) is 86.7. The predicted octanol–water partition coefficient (Wildman–Crippen LogP) is 9.28. The number of alkyl halides is 19. The lowest BCUT2D eigenvalue weighted by Crippen LogP contribution is -2.29. The summed E-state index contributed by atoms with van der Waals surface area (Å²) >= 11 is 3.00. The summed E-state index contributed by atoms with van der Waals surface area (Å²) in [6.07, 6.45) is -26.7. The number of rotatable bonds is 11. The Balaban J connectivity index is 0.000000255. The van der Waals surface area contributed by atoms with Crippen molar-refractivity contribution in [2.75, 3.05) is 42.4 Å². The van der Waals surface area contributed by atoms with Crippen LogP contribution >= 0.6 is 15.9 Å². The number of aromatic nitrogens is 12. The molecule has 6 aromatic carbocycles. The molecule has 0 bridgehead atoms. The highest BCUT2D eigenvalue weighted by Gasteiger charge is 2.36. The predicted molar refractivity (Wildman–Crippen MR) is 301 cm³/mol. The molecule has 41 heteroatoms. The van der Waals surface area contributed by atoms with Gasteiger partial charge in [0.15, 0.2) is 0 Å². The third-order valence-corrected chi connectivity index (χ3v) is 11.9. The highest BCUT2D eigenvalue weighted by Crippen LogP contribution is 2.38. The Hall–Kier alpha value is -9.50. The zero-order chi connectivity index (χ0) is 70.6. The molecule has 0 fully saturated rings. The minimum atomic E-state index is -4.59. The molecule has 9 aromatic rings. The molecule has 3 heterocycles. The third kappa shape index (κ3) is 23.6. The number of halogens is 19. The largest absolute Gasteiger partial charge is 0.488 e. The van der Waals surface area contributed by atoms with Crippen LogP contribution in [0.2, 0.25) is 0 Å². The number of H-pyrrole nitrogens is 1. The molecule has 9 rings (SSSR count). The Morgan fingerprint density at radius 3 is 1.20 bits per heavy atom. The lowest BCUT2D eigenvalue weighted by molar-refractivity contribution is -0.138. The fourth-order valence-electron chi connectivity index (χ4n) is 7.02. The number of nitrogens with zero attached hydrogens (tertiary/aromatic N) is 12. The first-order chi connectivity index (χ1) is 43.7. The van der Waals surface area contributed by atoms with Crippen molar-refractivity contribution in [2.45, 2.75) is 56.6 Å². The second-order valence-corrected chi connectivity index (χ2v) is 19.1. The van der Waals surface area contributed by atoms with Crippen LogP contribution in [0.25, 0.3) is 34.2 Å². The van der Waals surface area contributed by atoms with E-state index < -0.39 is 77.6 Å². The van der Waals surface area contributed by atoms with E-state index in [1.807, 2.05) is 0 Å². The van der Waals surface area contributed by atoms with Crippen LogP contribution in [0.3, 0.4) is 0 Å². The smallest absolute Gasteiger partial charge is 0.423 e. The van der Waals surface area contributed by atoms with Crippen LogP contribution < -0.4 is 22.7 Å². The number of nitriles is 1. The molecule has 504 valence electrons. The summed E-state index contributed by atoms with van der Waals surface area (Å²) in [5.41, 5.74) is 12.6. The van der Waals surface area contributed by atoms with E-state index in [0.29, 0.717) is 16.5 Å². The van der Waals surface area contributed by atoms with E-state index in [1.165, 1.54) is 18.2 Å². The molecule has 0 atom stereocenters. The summed E-state index contributed by atoms with van der Waals surface area (Å²) in [7, 11) is -1.73. The number of nitrogens with two attached hydrogens (primary N) is 3. The molecule has 0 saturated heterocycles. The van der Waals surface area contributed by atoms with Gasteiger partial charge in [-0.1, -0.05) is 58.4 Å². The molecule has 94 heavy (non-hydrogen) atoms. The van der Waals surface area contributed by atoms with Gasteiger partial charge in [0.05, 0.1) is 71.9 Å².